The van der Waals surface area contributed by atoms with Gasteiger partial charge in [-0.05, 0) is 24.6 Å². The van der Waals surface area contributed by atoms with Gasteiger partial charge in [-0.15, -0.1) is 0 Å². The summed E-state index contributed by atoms with van der Waals surface area (Å²) in [5, 5.41) is 16.7. The van der Waals surface area contributed by atoms with Gasteiger partial charge >= 0.3 is 5.69 Å². The summed E-state index contributed by atoms with van der Waals surface area (Å²) in [6, 6.07) is 5.49. The van der Waals surface area contributed by atoms with Crippen molar-refractivity contribution >= 4 is 23.1 Å². The Labute approximate surface area is 121 Å². The fraction of sp³-hybridized carbons (Fsp3) is 0.231. The van der Waals surface area contributed by atoms with Crippen LogP contribution in [0.1, 0.15) is 5.56 Å². The molecule has 1 aromatic heterocycles. The first-order chi connectivity index (χ1) is 10.0. The fourth-order valence-corrected chi connectivity index (χ4v) is 1.77. The van der Waals surface area contributed by atoms with E-state index in [0.29, 0.717) is 11.4 Å². The molecule has 0 bridgehead atoms. The monoisotopic (exact) mass is 289 g/mol. The van der Waals surface area contributed by atoms with E-state index in [4.69, 9.17) is 4.74 Å². The maximum Gasteiger partial charge on any atom is 0.329 e. The third kappa shape index (κ3) is 3.16. The molecule has 0 fully saturated rings. The molecule has 21 heavy (non-hydrogen) atoms. The third-order valence-electron chi connectivity index (χ3n) is 2.80. The van der Waals surface area contributed by atoms with Crippen molar-refractivity contribution in [3.8, 4) is 5.75 Å². The van der Waals surface area contributed by atoms with Crippen LogP contribution in [0.3, 0.4) is 0 Å². The van der Waals surface area contributed by atoms with Gasteiger partial charge in [0.05, 0.1) is 17.7 Å². The zero-order valence-corrected chi connectivity index (χ0v) is 11.9. The summed E-state index contributed by atoms with van der Waals surface area (Å²) in [6.45, 7) is 1.91. The summed E-state index contributed by atoms with van der Waals surface area (Å²) in [5.74, 6) is 0.956. The molecular formula is C13H15N5O3. The minimum Gasteiger partial charge on any atom is -0.495 e. The molecule has 8 nitrogen and oxygen atoms in total. The number of nitro groups is 1. The quantitative estimate of drug-likeness (QED) is 0.643. The molecule has 8 heteroatoms. The Morgan fingerprint density at radius 2 is 2.14 bits per heavy atom. The second-order valence-corrected chi connectivity index (χ2v) is 4.26. The highest BCUT2D eigenvalue weighted by Gasteiger charge is 2.18. The highest BCUT2D eigenvalue weighted by molar-refractivity contribution is 5.70. The average Bonchev–Trinajstić information content (AvgIpc) is 2.47. The molecule has 0 radical (unpaired) electrons. The molecule has 2 N–H and O–H groups in total. The van der Waals surface area contributed by atoms with Crippen molar-refractivity contribution in [2.75, 3.05) is 24.8 Å². The molecule has 0 amide bonds. The molecule has 110 valence electrons. The topological polar surface area (TPSA) is 102 Å². The molecule has 0 aliphatic rings. The standard InChI is InChI=1S/C13H15N5O3/c1-8-4-5-11(21-3)9(6-8)16-12-10(18(19)20)7-15-13(14-2)17-12/h4-7H,1-3H3,(H2,14,15,16,17). The number of rotatable bonds is 5. The first-order valence-electron chi connectivity index (χ1n) is 6.16. The van der Waals surface area contributed by atoms with Crippen molar-refractivity contribution in [1.82, 2.24) is 9.97 Å². The molecule has 0 aliphatic carbocycles. The lowest BCUT2D eigenvalue weighted by Crippen LogP contribution is -2.05. The number of methoxy groups -OCH3 is 1. The number of ether oxygens (including phenoxy) is 1. The van der Waals surface area contributed by atoms with Crippen LogP contribution in [0.5, 0.6) is 5.75 Å². The van der Waals surface area contributed by atoms with E-state index in [1.807, 2.05) is 19.1 Å². The summed E-state index contributed by atoms with van der Waals surface area (Å²) in [7, 11) is 3.17. The van der Waals surface area contributed by atoms with Gasteiger partial charge in [0, 0.05) is 7.05 Å². The zero-order valence-electron chi connectivity index (χ0n) is 11.9. The maximum atomic E-state index is 11.1. The summed E-state index contributed by atoms with van der Waals surface area (Å²) >= 11 is 0. The van der Waals surface area contributed by atoms with Crippen LogP contribution in [0, 0.1) is 17.0 Å². The van der Waals surface area contributed by atoms with Crippen molar-refractivity contribution < 1.29 is 9.66 Å². The molecule has 0 atom stereocenters. The Hall–Kier alpha value is -2.90. The molecule has 0 saturated heterocycles. The number of hydrogen-bond donors (Lipinski definition) is 2. The maximum absolute atomic E-state index is 11.1. The minimum atomic E-state index is -0.538. The smallest absolute Gasteiger partial charge is 0.329 e. The van der Waals surface area contributed by atoms with Crippen molar-refractivity contribution in [1.29, 1.82) is 0 Å². The minimum absolute atomic E-state index is 0.100. The van der Waals surface area contributed by atoms with Gasteiger partial charge in [-0.1, -0.05) is 6.07 Å². The predicted octanol–water partition coefficient (Wildman–Crippen LogP) is 2.49. The van der Waals surface area contributed by atoms with Gasteiger partial charge in [0.15, 0.2) is 0 Å². The van der Waals surface area contributed by atoms with Crippen molar-refractivity contribution in [3.63, 3.8) is 0 Å². The molecule has 0 spiro atoms. The second kappa shape index (κ2) is 6.04. The highest BCUT2D eigenvalue weighted by Crippen LogP contribution is 2.31. The normalized spacial score (nSPS) is 10.0. The number of aromatic nitrogens is 2. The lowest BCUT2D eigenvalue weighted by atomic mass is 10.2. The van der Waals surface area contributed by atoms with E-state index in [0.717, 1.165) is 11.8 Å². The number of benzene rings is 1. The van der Waals surface area contributed by atoms with Crippen LogP contribution in [-0.2, 0) is 0 Å². The number of aryl methyl sites for hydroxylation is 1. The number of anilines is 3. The Kier molecular flexibility index (Phi) is 4.17. The highest BCUT2D eigenvalue weighted by atomic mass is 16.6. The Morgan fingerprint density at radius 1 is 1.38 bits per heavy atom. The molecule has 0 aliphatic heterocycles. The van der Waals surface area contributed by atoms with Gasteiger partial charge in [-0.3, -0.25) is 10.1 Å². The van der Waals surface area contributed by atoms with Gasteiger partial charge in [-0.25, -0.2) is 4.98 Å². The summed E-state index contributed by atoms with van der Waals surface area (Å²) in [5.41, 5.74) is 1.38. The predicted molar refractivity (Wildman–Crippen MR) is 79.2 cm³/mol. The number of hydrogen-bond acceptors (Lipinski definition) is 7. The van der Waals surface area contributed by atoms with Crippen LogP contribution < -0.4 is 15.4 Å². The first kappa shape index (κ1) is 14.5. The van der Waals surface area contributed by atoms with Crippen LogP contribution in [0.25, 0.3) is 0 Å². The summed E-state index contributed by atoms with van der Waals surface area (Å²) in [6.07, 6.45) is 1.16. The first-order valence-corrected chi connectivity index (χ1v) is 6.16. The average molecular weight is 289 g/mol. The van der Waals surface area contributed by atoms with E-state index in [1.54, 1.807) is 13.1 Å². The van der Waals surface area contributed by atoms with Crippen LogP contribution in [0.2, 0.25) is 0 Å². The molecule has 2 aromatic rings. The fourth-order valence-electron chi connectivity index (χ4n) is 1.77. The van der Waals surface area contributed by atoms with Gasteiger partial charge in [0.2, 0.25) is 11.8 Å². The van der Waals surface area contributed by atoms with E-state index >= 15 is 0 Å². The van der Waals surface area contributed by atoms with E-state index in [-0.39, 0.29) is 17.5 Å². The summed E-state index contributed by atoms with van der Waals surface area (Å²) < 4.78 is 5.24. The SMILES string of the molecule is CNc1ncc([N+](=O)[O-])c(Nc2cc(C)ccc2OC)n1. The van der Waals surface area contributed by atoms with E-state index < -0.39 is 4.92 Å². The van der Waals surface area contributed by atoms with E-state index in [2.05, 4.69) is 20.6 Å². The molecule has 2 rings (SSSR count). The Bertz CT molecular complexity index is 675. The van der Waals surface area contributed by atoms with Crippen molar-refractivity contribution in [3.05, 3.63) is 40.1 Å². The zero-order chi connectivity index (χ0) is 15.4. The summed E-state index contributed by atoms with van der Waals surface area (Å²) in [4.78, 5) is 18.5. The van der Waals surface area contributed by atoms with Gasteiger partial charge in [0.25, 0.3) is 0 Å². The molecule has 0 saturated carbocycles. The molecule has 0 unspecified atom stereocenters. The lowest BCUT2D eigenvalue weighted by molar-refractivity contribution is -0.384. The van der Waals surface area contributed by atoms with Crippen molar-refractivity contribution in [2.45, 2.75) is 6.92 Å². The van der Waals surface area contributed by atoms with Gasteiger partial charge in [-0.2, -0.15) is 4.98 Å². The lowest BCUT2D eigenvalue weighted by Gasteiger charge is -2.12. The van der Waals surface area contributed by atoms with Crippen LogP contribution >= 0.6 is 0 Å². The van der Waals surface area contributed by atoms with Gasteiger partial charge in [0.1, 0.15) is 11.9 Å². The Morgan fingerprint density at radius 3 is 2.76 bits per heavy atom. The second-order valence-electron chi connectivity index (χ2n) is 4.26. The van der Waals surface area contributed by atoms with E-state index in [9.17, 15) is 10.1 Å². The van der Waals surface area contributed by atoms with Crippen molar-refractivity contribution in [2.24, 2.45) is 0 Å². The molecule has 1 aromatic carbocycles. The molecule has 1 heterocycles. The van der Waals surface area contributed by atoms with Gasteiger partial charge < -0.3 is 15.4 Å². The third-order valence-corrected chi connectivity index (χ3v) is 2.80. The largest absolute Gasteiger partial charge is 0.495 e. The van der Waals surface area contributed by atoms with Crippen LogP contribution in [0.15, 0.2) is 24.4 Å². The van der Waals surface area contributed by atoms with E-state index in [1.165, 1.54) is 7.11 Å². The molecular weight excluding hydrogens is 274 g/mol. The van der Waals surface area contributed by atoms with Crippen LogP contribution in [0.4, 0.5) is 23.1 Å². The number of nitrogens with one attached hydrogen (secondary N) is 2. The number of nitrogens with zero attached hydrogens (tertiary/aromatic N) is 3. The Balaban J connectivity index is 2.47. The van der Waals surface area contributed by atoms with Crippen LogP contribution in [-0.4, -0.2) is 29.0 Å².